The van der Waals surface area contributed by atoms with Crippen LogP contribution in [0.5, 0.6) is 0 Å². The summed E-state index contributed by atoms with van der Waals surface area (Å²) in [5, 5.41) is 13.1. The van der Waals surface area contributed by atoms with E-state index in [-0.39, 0.29) is 49.2 Å². The molecule has 1 N–H and O–H groups in total. The molecule has 4 aliphatic rings. The second kappa shape index (κ2) is 19.5. The second-order valence-corrected chi connectivity index (χ2v) is 17.7. The van der Waals surface area contributed by atoms with Gasteiger partial charge in [-0.25, -0.2) is 4.79 Å². The average Bonchev–Trinajstić information content (AvgIpc) is 3.88. The molecule has 11 atom stereocenters. The summed E-state index contributed by atoms with van der Waals surface area (Å²) < 4.78 is 52.9. The number of carbonyl (C=O) groups is 8. The van der Waals surface area contributed by atoms with E-state index in [9.17, 15) is 43.5 Å². The lowest BCUT2D eigenvalue weighted by molar-refractivity contribution is -0.279. The zero-order valence-electron chi connectivity index (χ0n) is 36.7. The van der Waals surface area contributed by atoms with Crippen LogP contribution >= 0.6 is 0 Å². The monoisotopic (exact) mass is 864 g/mol. The van der Waals surface area contributed by atoms with Crippen LogP contribution < -0.4 is 0 Å². The van der Waals surface area contributed by atoms with Gasteiger partial charge in [-0.1, -0.05) is 54.5 Å². The van der Waals surface area contributed by atoms with Crippen molar-refractivity contribution in [1.29, 1.82) is 0 Å². The topological polar surface area (TPSA) is 243 Å². The average molecular weight is 865 g/mol. The van der Waals surface area contributed by atoms with Crippen LogP contribution in [-0.2, 0) is 81.0 Å². The van der Waals surface area contributed by atoms with Gasteiger partial charge in [0.25, 0.3) is 0 Å². The van der Waals surface area contributed by atoms with Crippen LogP contribution in [0.4, 0.5) is 0 Å². The minimum atomic E-state index is -2.52. The zero-order chi connectivity index (χ0) is 45.8. The first kappa shape index (κ1) is 48.8. The number of esters is 8. The largest absolute Gasteiger partial charge is 0.461 e. The van der Waals surface area contributed by atoms with Crippen molar-refractivity contribution in [3.05, 3.63) is 23.8 Å². The van der Waals surface area contributed by atoms with Crippen molar-refractivity contribution in [3.8, 4) is 0 Å². The fraction of sp³-hybridized carbons (Fsp3) is 0.721. The van der Waals surface area contributed by atoms with E-state index in [2.05, 4.69) is 0 Å². The molecule has 2 aliphatic heterocycles. The molecule has 18 heteroatoms. The molecule has 3 fully saturated rings. The first-order chi connectivity index (χ1) is 28.4. The molecule has 0 amide bonds. The lowest BCUT2D eigenvalue weighted by atomic mass is 9.51. The summed E-state index contributed by atoms with van der Waals surface area (Å²) in [6.07, 6.45) is -6.36. The Kier molecular flexibility index (Phi) is 15.6. The van der Waals surface area contributed by atoms with Crippen LogP contribution in [0, 0.1) is 35.0 Å². The van der Waals surface area contributed by atoms with Crippen molar-refractivity contribution in [2.75, 3.05) is 19.8 Å². The summed E-state index contributed by atoms with van der Waals surface area (Å²) in [6, 6.07) is 0. The number of rotatable bonds is 15. The van der Waals surface area contributed by atoms with Crippen LogP contribution in [0.2, 0.25) is 0 Å². The Morgan fingerprint density at radius 3 is 1.79 bits per heavy atom. The maximum absolute atomic E-state index is 13.8. The molecule has 0 unspecified atom stereocenters. The fourth-order valence-electron chi connectivity index (χ4n) is 8.53. The Bertz CT molecular complexity index is 1770. The molecule has 1 spiro atoms. The summed E-state index contributed by atoms with van der Waals surface area (Å²) in [5.74, 6) is -10.3. The third kappa shape index (κ3) is 11.0. The van der Waals surface area contributed by atoms with E-state index >= 15 is 0 Å². The van der Waals surface area contributed by atoms with Gasteiger partial charge in [0.1, 0.15) is 24.4 Å². The van der Waals surface area contributed by atoms with Gasteiger partial charge in [0.05, 0.1) is 17.9 Å². The Balaban J connectivity index is 2.10. The van der Waals surface area contributed by atoms with Crippen LogP contribution in [0.25, 0.3) is 0 Å². The standard InChI is InChI=1S/C43H60O18/c1-21(2)14-31(47)53-18-28-12-13-29(59-34(50)19-54-32(48)15-22(3)4)41(11)36(39(58-27(10)46)43(52)24(7)40(51)60-30(43)17-28)42(20-55-42)38(61-33(49)16-23(5)6)35(56-25(8)44)37(41)57-26(9)45/h12-13,17,21-24,29-30,35-39,52H,14-16,18-20H2,1-11H3/t24-,29-,30-,35+,36+,37-,38+,39-,41+,42-,43-/m0/s1. The second-order valence-electron chi connectivity index (χ2n) is 17.7. The van der Waals surface area contributed by atoms with Crippen molar-refractivity contribution < 1.29 is 86.1 Å². The van der Waals surface area contributed by atoms with Gasteiger partial charge in [-0.3, -0.25) is 33.6 Å². The lowest BCUT2D eigenvalue weighted by Crippen LogP contribution is -2.76. The Morgan fingerprint density at radius 1 is 0.738 bits per heavy atom. The van der Waals surface area contributed by atoms with Gasteiger partial charge in [0.15, 0.2) is 36.6 Å². The molecule has 2 saturated heterocycles. The van der Waals surface area contributed by atoms with Crippen molar-refractivity contribution in [1.82, 2.24) is 0 Å². The van der Waals surface area contributed by atoms with Crippen molar-refractivity contribution in [3.63, 3.8) is 0 Å². The SMILES string of the molecule is CC(=O)O[C@H]1[C@@H](OC(=O)CC(C)C)[C@]2(CO2)[C@@H]2[C@H](OC(C)=O)[C@@]3(O)[C@H](C=C(COC(=O)CC(C)C)C=C[C@H](OC(=O)COC(=O)CC(C)C)[C@@]2(C)[C@H]1OC(C)=O)OC(=O)[C@@H]3C. The fourth-order valence-corrected chi connectivity index (χ4v) is 8.53. The van der Waals surface area contributed by atoms with Gasteiger partial charge in [0.2, 0.25) is 0 Å². The van der Waals surface area contributed by atoms with Gasteiger partial charge in [-0.05, 0) is 42.4 Å². The molecular weight excluding hydrogens is 804 g/mol. The molecule has 0 bridgehead atoms. The summed E-state index contributed by atoms with van der Waals surface area (Å²) >= 11 is 0. The molecule has 0 aromatic rings. The van der Waals surface area contributed by atoms with Crippen molar-refractivity contribution >= 4 is 47.8 Å². The highest BCUT2D eigenvalue weighted by molar-refractivity contribution is 5.79. The van der Waals surface area contributed by atoms with E-state index in [0.717, 1.165) is 20.8 Å². The number of ether oxygens (including phenoxy) is 9. The van der Waals surface area contributed by atoms with E-state index in [1.165, 1.54) is 32.1 Å². The van der Waals surface area contributed by atoms with Gasteiger partial charge >= 0.3 is 47.8 Å². The summed E-state index contributed by atoms with van der Waals surface area (Å²) in [4.78, 5) is 106. The molecule has 4 rings (SSSR count). The number of fused-ring (bicyclic) bond motifs is 3. The van der Waals surface area contributed by atoms with Gasteiger partial charge in [0, 0.05) is 46.0 Å². The first-order valence-electron chi connectivity index (χ1n) is 20.5. The van der Waals surface area contributed by atoms with Gasteiger partial charge in [-0.2, -0.15) is 0 Å². The Hall–Kier alpha value is -4.84. The third-order valence-electron chi connectivity index (χ3n) is 11.2. The molecule has 2 heterocycles. The Labute approximate surface area is 355 Å². The number of aliphatic hydroxyl groups is 1. The maximum atomic E-state index is 13.8. The highest BCUT2D eigenvalue weighted by atomic mass is 16.7. The van der Waals surface area contributed by atoms with E-state index in [1.54, 1.807) is 27.7 Å². The molecule has 0 radical (unpaired) electrons. The smallest absolute Gasteiger partial charge is 0.344 e. The van der Waals surface area contributed by atoms with Crippen LogP contribution in [0.1, 0.15) is 95.4 Å². The summed E-state index contributed by atoms with van der Waals surface area (Å²) in [5.41, 5.74) is -6.33. The van der Waals surface area contributed by atoms with Crippen LogP contribution in [-0.4, -0.2) is 121 Å². The van der Waals surface area contributed by atoms with Crippen molar-refractivity contribution in [2.45, 2.75) is 143 Å². The molecular formula is C43H60O18. The first-order valence-corrected chi connectivity index (χ1v) is 20.5. The van der Waals surface area contributed by atoms with Gasteiger partial charge < -0.3 is 47.7 Å². The van der Waals surface area contributed by atoms with Crippen LogP contribution in [0.3, 0.4) is 0 Å². The quantitative estimate of drug-likeness (QED) is 0.141. The normalized spacial score (nSPS) is 32.8. The lowest BCUT2D eigenvalue weighted by Gasteiger charge is -2.59. The molecule has 2 aliphatic carbocycles. The molecule has 1 saturated carbocycles. The molecule has 18 nitrogen and oxygen atoms in total. The highest BCUT2D eigenvalue weighted by Crippen LogP contribution is 2.63. The van der Waals surface area contributed by atoms with E-state index in [4.69, 9.17) is 42.6 Å². The summed E-state index contributed by atoms with van der Waals surface area (Å²) in [6.45, 7) is 15.0. The highest BCUT2D eigenvalue weighted by Gasteiger charge is 2.81. The maximum Gasteiger partial charge on any atom is 0.344 e. The minimum Gasteiger partial charge on any atom is -0.461 e. The van der Waals surface area contributed by atoms with E-state index < -0.39 is 126 Å². The molecule has 340 valence electrons. The Morgan fingerprint density at radius 2 is 1.26 bits per heavy atom. The number of hydrogen-bond acceptors (Lipinski definition) is 18. The number of epoxide rings is 1. The van der Waals surface area contributed by atoms with E-state index in [1.807, 2.05) is 13.8 Å². The van der Waals surface area contributed by atoms with Gasteiger partial charge in [-0.15, -0.1) is 0 Å². The van der Waals surface area contributed by atoms with Crippen molar-refractivity contribution in [2.24, 2.45) is 35.0 Å². The number of carbonyl (C=O) groups excluding carboxylic acids is 8. The molecule has 0 aromatic heterocycles. The van der Waals surface area contributed by atoms with E-state index in [0.29, 0.717) is 0 Å². The molecule has 0 aromatic carbocycles. The predicted octanol–water partition coefficient (Wildman–Crippen LogP) is 3.02. The summed E-state index contributed by atoms with van der Waals surface area (Å²) in [7, 11) is 0. The number of hydrogen-bond donors (Lipinski definition) is 1. The zero-order valence-corrected chi connectivity index (χ0v) is 36.7. The third-order valence-corrected chi connectivity index (χ3v) is 11.2. The molecule has 61 heavy (non-hydrogen) atoms. The minimum absolute atomic E-state index is 0.0156. The van der Waals surface area contributed by atoms with Crippen LogP contribution in [0.15, 0.2) is 23.8 Å². The predicted molar refractivity (Wildman–Crippen MR) is 208 cm³/mol.